The van der Waals surface area contributed by atoms with Gasteiger partial charge in [-0.3, -0.25) is 4.98 Å². The first kappa shape index (κ1) is 7.03. The molecular formula is C9H8N3. The third kappa shape index (κ3) is 1.21. The lowest BCUT2D eigenvalue weighted by atomic mass is 10.4. The molecule has 0 unspecified atom stereocenters. The minimum Gasteiger partial charge on any atom is -0.262 e. The average molecular weight is 158 g/mol. The predicted molar refractivity (Wildman–Crippen MR) is 45.8 cm³/mol. The second-order valence-corrected chi connectivity index (χ2v) is 2.46. The molecule has 0 bridgehead atoms. The van der Waals surface area contributed by atoms with Crippen LogP contribution >= 0.6 is 0 Å². The van der Waals surface area contributed by atoms with Gasteiger partial charge in [-0.25, -0.2) is 4.68 Å². The van der Waals surface area contributed by atoms with Crippen molar-refractivity contribution in [1.29, 1.82) is 0 Å². The standard InChI is InChI=1S/C9H8N3/c1-8-4-6-12(11-8)9-3-2-5-10-7-9/h2-7H,1H2. The Morgan fingerprint density at radius 2 is 2.25 bits per heavy atom. The SMILES string of the molecule is [CH2]c1ccn(-c2cccnc2)n1. The van der Waals surface area contributed by atoms with Gasteiger partial charge in [-0.2, -0.15) is 5.10 Å². The van der Waals surface area contributed by atoms with Crippen molar-refractivity contribution in [1.82, 2.24) is 14.8 Å². The summed E-state index contributed by atoms with van der Waals surface area (Å²) in [5.41, 5.74) is 1.71. The molecule has 0 amide bonds. The van der Waals surface area contributed by atoms with Crippen molar-refractivity contribution in [2.45, 2.75) is 0 Å². The van der Waals surface area contributed by atoms with Crippen LogP contribution in [0.25, 0.3) is 5.69 Å². The summed E-state index contributed by atoms with van der Waals surface area (Å²) in [5, 5.41) is 4.15. The smallest absolute Gasteiger partial charge is 0.0828 e. The van der Waals surface area contributed by atoms with Crippen LogP contribution in [-0.4, -0.2) is 14.8 Å². The highest BCUT2D eigenvalue weighted by Gasteiger charge is 1.95. The Balaban J connectivity index is 2.45. The zero-order chi connectivity index (χ0) is 8.39. The molecule has 1 radical (unpaired) electrons. The van der Waals surface area contributed by atoms with E-state index in [1.54, 1.807) is 17.1 Å². The Morgan fingerprint density at radius 1 is 1.33 bits per heavy atom. The summed E-state index contributed by atoms with van der Waals surface area (Å²) in [4.78, 5) is 3.99. The Kier molecular flexibility index (Phi) is 1.63. The number of nitrogens with zero attached hydrogens (tertiary/aromatic N) is 3. The maximum absolute atomic E-state index is 4.15. The number of rotatable bonds is 1. The van der Waals surface area contributed by atoms with Crippen molar-refractivity contribution < 1.29 is 0 Å². The molecule has 0 aliphatic heterocycles. The van der Waals surface area contributed by atoms with Crippen molar-refractivity contribution >= 4 is 0 Å². The molecule has 2 aromatic rings. The van der Waals surface area contributed by atoms with Gasteiger partial charge in [-0.05, 0) is 25.1 Å². The molecule has 59 valence electrons. The van der Waals surface area contributed by atoms with Gasteiger partial charge in [0.2, 0.25) is 0 Å². The molecule has 2 heterocycles. The van der Waals surface area contributed by atoms with Gasteiger partial charge in [-0.1, -0.05) is 0 Å². The molecule has 0 saturated heterocycles. The summed E-state index contributed by atoms with van der Waals surface area (Å²) < 4.78 is 1.75. The summed E-state index contributed by atoms with van der Waals surface area (Å²) >= 11 is 0. The second kappa shape index (κ2) is 2.77. The van der Waals surface area contributed by atoms with Crippen LogP contribution in [0.3, 0.4) is 0 Å². The Bertz CT molecular complexity index is 364. The van der Waals surface area contributed by atoms with Gasteiger partial charge in [0.05, 0.1) is 17.6 Å². The van der Waals surface area contributed by atoms with Gasteiger partial charge in [0.25, 0.3) is 0 Å². The van der Waals surface area contributed by atoms with Gasteiger partial charge >= 0.3 is 0 Å². The van der Waals surface area contributed by atoms with Crippen LogP contribution in [0, 0.1) is 6.92 Å². The van der Waals surface area contributed by atoms with Crippen LogP contribution in [0.1, 0.15) is 5.69 Å². The normalized spacial score (nSPS) is 10.1. The molecule has 0 saturated carbocycles. The van der Waals surface area contributed by atoms with Crippen LogP contribution in [0.5, 0.6) is 0 Å². The summed E-state index contributed by atoms with van der Waals surface area (Å²) in [6, 6.07) is 5.67. The molecule has 12 heavy (non-hydrogen) atoms. The fourth-order valence-corrected chi connectivity index (χ4v) is 0.995. The van der Waals surface area contributed by atoms with Crippen molar-refractivity contribution in [2.24, 2.45) is 0 Å². The predicted octanol–water partition coefficient (Wildman–Crippen LogP) is 1.45. The number of pyridine rings is 1. The molecular weight excluding hydrogens is 150 g/mol. The van der Waals surface area contributed by atoms with Crippen LogP contribution in [0.15, 0.2) is 36.8 Å². The van der Waals surface area contributed by atoms with Crippen molar-refractivity contribution in [3.8, 4) is 5.69 Å². The molecule has 0 aliphatic carbocycles. The van der Waals surface area contributed by atoms with E-state index in [0.717, 1.165) is 11.4 Å². The van der Waals surface area contributed by atoms with Crippen molar-refractivity contribution in [2.75, 3.05) is 0 Å². The van der Waals surface area contributed by atoms with E-state index in [1.165, 1.54) is 0 Å². The Morgan fingerprint density at radius 3 is 2.83 bits per heavy atom. The minimum atomic E-state index is 0.763. The summed E-state index contributed by atoms with van der Waals surface area (Å²) in [6.45, 7) is 3.71. The number of hydrogen-bond acceptors (Lipinski definition) is 2. The van der Waals surface area contributed by atoms with E-state index >= 15 is 0 Å². The number of hydrogen-bond donors (Lipinski definition) is 0. The highest BCUT2D eigenvalue weighted by molar-refractivity contribution is 5.26. The van der Waals surface area contributed by atoms with Gasteiger partial charge in [0.1, 0.15) is 0 Å². The first-order chi connectivity index (χ1) is 5.86. The third-order valence-corrected chi connectivity index (χ3v) is 1.55. The lowest BCUT2D eigenvalue weighted by molar-refractivity contribution is 0.865. The molecule has 0 spiro atoms. The highest BCUT2D eigenvalue weighted by Crippen LogP contribution is 2.03. The molecule has 2 rings (SSSR count). The van der Waals surface area contributed by atoms with Crippen LogP contribution < -0.4 is 0 Å². The molecule has 0 fully saturated rings. The maximum Gasteiger partial charge on any atom is 0.0828 e. The lowest BCUT2D eigenvalue weighted by Gasteiger charge is -1.97. The van der Waals surface area contributed by atoms with Crippen LogP contribution in [-0.2, 0) is 0 Å². The molecule has 0 aromatic carbocycles. The molecule has 0 N–H and O–H groups in total. The first-order valence-electron chi connectivity index (χ1n) is 3.64. The second-order valence-electron chi connectivity index (χ2n) is 2.46. The Hall–Kier alpha value is -1.64. The molecule has 3 nitrogen and oxygen atoms in total. The van der Waals surface area contributed by atoms with E-state index in [1.807, 2.05) is 24.4 Å². The van der Waals surface area contributed by atoms with E-state index in [4.69, 9.17) is 0 Å². The van der Waals surface area contributed by atoms with E-state index < -0.39 is 0 Å². The summed E-state index contributed by atoms with van der Waals surface area (Å²) in [5.74, 6) is 0. The zero-order valence-electron chi connectivity index (χ0n) is 6.51. The van der Waals surface area contributed by atoms with E-state index in [0.29, 0.717) is 0 Å². The highest BCUT2D eigenvalue weighted by atomic mass is 15.3. The van der Waals surface area contributed by atoms with E-state index in [-0.39, 0.29) is 0 Å². The van der Waals surface area contributed by atoms with E-state index in [2.05, 4.69) is 17.0 Å². The molecule has 2 aromatic heterocycles. The quantitative estimate of drug-likeness (QED) is 0.628. The fourth-order valence-electron chi connectivity index (χ4n) is 0.995. The topological polar surface area (TPSA) is 30.7 Å². The van der Waals surface area contributed by atoms with Gasteiger partial charge < -0.3 is 0 Å². The molecule has 3 heteroatoms. The van der Waals surface area contributed by atoms with Gasteiger partial charge in [0, 0.05) is 12.4 Å². The Labute approximate surface area is 70.7 Å². The van der Waals surface area contributed by atoms with Crippen LogP contribution in [0.2, 0.25) is 0 Å². The monoisotopic (exact) mass is 158 g/mol. The first-order valence-corrected chi connectivity index (χ1v) is 3.64. The summed E-state index contributed by atoms with van der Waals surface area (Å²) in [6.07, 6.45) is 5.35. The van der Waals surface area contributed by atoms with Gasteiger partial charge in [-0.15, -0.1) is 0 Å². The molecule has 0 atom stereocenters. The summed E-state index contributed by atoms with van der Waals surface area (Å²) in [7, 11) is 0. The third-order valence-electron chi connectivity index (χ3n) is 1.55. The molecule has 0 aliphatic rings. The maximum atomic E-state index is 4.15. The largest absolute Gasteiger partial charge is 0.262 e. The zero-order valence-corrected chi connectivity index (χ0v) is 6.51. The fraction of sp³-hybridized carbons (Fsp3) is 0. The van der Waals surface area contributed by atoms with E-state index in [9.17, 15) is 0 Å². The van der Waals surface area contributed by atoms with Crippen LogP contribution in [0.4, 0.5) is 0 Å². The lowest BCUT2D eigenvalue weighted by Crippen LogP contribution is -1.94. The minimum absolute atomic E-state index is 0.763. The number of aromatic nitrogens is 3. The van der Waals surface area contributed by atoms with Gasteiger partial charge in [0.15, 0.2) is 0 Å². The average Bonchev–Trinajstić information content (AvgIpc) is 2.54. The van der Waals surface area contributed by atoms with Crippen molar-refractivity contribution in [3.05, 3.63) is 49.4 Å². The van der Waals surface area contributed by atoms with Crippen molar-refractivity contribution in [3.63, 3.8) is 0 Å².